The first-order valence-corrected chi connectivity index (χ1v) is 6.73. The Morgan fingerprint density at radius 3 is 2.58 bits per heavy atom. The molecule has 1 fully saturated rings. The van der Waals surface area contributed by atoms with Gasteiger partial charge >= 0.3 is 0 Å². The Morgan fingerprint density at radius 1 is 1.37 bits per heavy atom. The van der Waals surface area contributed by atoms with Crippen molar-refractivity contribution in [1.29, 1.82) is 0 Å². The summed E-state index contributed by atoms with van der Waals surface area (Å²) in [6.45, 7) is 3.41. The number of amides is 1. The molecule has 0 aliphatic carbocycles. The third kappa shape index (κ3) is 3.94. The van der Waals surface area contributed by atoms with Crippen LogP contribution in [0.15, 0.2) is 24.3 Å². The van der Waals surface area contributed by atoms with E-state index in [2.05, 4.69) is 0 Å². The van der Waals surface area contributed by atoms with Crippen molar-refractivity contribution in [3.63, 3.8) is 0 Å². The summed E-state index contributed by atoms with van der Waals surface area (Å²) in [4.78, 5) is 13.5. The number of hydrogen-bond donors (Lipinski definition) is 0. The van der Waals surface area contributed by atoms with Gasteiger partial charge in [-0.15, -0.1) is 0 Å². The van der Waals surface area contributed by atoms with Crippen LogP contribution in [0, 0.1) is 12.2 Å². The van der Waals surface area contributed by atoms with E-state index in [1.54, 1.807) is 18.6 Å². The zero-order valence-electron chi connectivity index (χ0n) is 11.1. The number of rotatable bonds is 4. The van der Waals surface area contributed by atoms with Gasteiger partial charge in [0.1, 0.15) is 17.7 Å². The normalized spacial score (nSPS) is 16.4. The van der Waals surface area contributed by atoms with Crippen LogP contribution in [0.5, 0.6) is 5.75 Å². The Bertz CT molecular complexity index is 411. The molecule has 1 heterocycles. The second-order valence-corrected chi connectivity index (χ2v) is 4.71. The van der Waals surface area contributed by atoms with Crippen molar-refractivity contribution in [3.8, 4) is 5.75 Å². The summed E-state index contributed by atoms with van der Waals surface area (Å²) in [7, 11) is 0. The maximum atomic E-state index is 12.8. The van der Waals surface area contributed by atoms with E-state index in [1.807, 2.05) is 11.8 Å². The van der Waals surface area contributed by atoms with Crippen LogP contribution < -0.4 is 4.74 Å². The Labute approximate surface area is 113 Å². The lowest BCUT2D eigenvalue weighted by atomic mass is 10.1. The first kappa shape index (κ1) is 13.8. The lowest BCUT2D eigenvalue weighted by molar-refractivity contribution is -0.129. The van der Waals surface area contributed by atoms with Gasteiger partial charge in [0.05, 0.1) is 0 Å². The van der Waals surface area contributed by atoms with E-state index in [1.165, 1.54) is 12.1 Å². The Hall–Kier alpha value is -1.58. The van der Waals surface area contributed by atoms with Crippen molar-refractivity contribution < 1.29 is 13.9 Å². The summed E-state index contributed by atoms with van der Waals surface area (Å²) in [6.07, 6.45) is 4.23. The number of carbonyl (C=O) groups excluding carboxylic acids is 1. The number of piperidine rings is 1. The van der Waals surface area contributed by atoms with Gasteiger partial charge in [-0.3, -0.25) is 4.79 Å². The highest BCUT2D eigenvalue weighted by atomic mass is 19.1. The van der Waals surface area contributed by atoms with E-state index >= 15 is 0 Å². The second kappa shape index (κ2) is 6.55. The lowest BCUT2D eigenvalue weighted by Crippen LogP contribution is -2.41. The molecule has 1 amide bonds. The molecular formula is C15H19FNO2. The number of ether oxygens (including phenoxy) is 1. The number of carbonyl (C=O) groups is 1. The number of likely N-dealkylation sites (tertiary alicyclic amines) is 1. The standard InChI is InChI=1S/C15H19FNO2/c1-2-3-15(18)17-10-8-14(9-11-17)19-13-6-4-12(16)5-7-13/h3-7,14H,2,8-11H2,1H3. The molecule has 0 bridgehead atoms. The minimum atomic E-state index is -0.261. The van der Waals surface area contributed by atoms with Crippen LogP contribution in [-0.4, -0.2) is 30.0 Å². The van der Waals surface area contributed by atoms with Gasteiger partial charge in [-0.05, 0) is 30.7 Å². The summed E-state index contributed by atoms with van der Waals surface area (Å²) < 4.78 is 18.6. The van der Waals surface area contributed by atoms with Crippen LogP contribution in [-0.2, 0) is 4.79 Å². The summed E-state index contributed by atoms with van der Waals surface area (Å²) >= 11 is 0. The van der Waals surface area contributed by atoms with Crippen molar-refractivity contribution in [2.75, 3.05) is 13.1 Å². The van der Waals surface area contributed by atoms with Crippen LogP contribution in [0.2, 0.25) is 0 Å². The largest absolute Gasteiger partial charge is 0.490 e. The molecule has 0 unspecified atom stereocenters. The summed E-state index contributed by atoms with van der Waals surface area (Å²) in [5, 5.41) is 0. The van der Waals surface area contributed by atoms with E-state index in [9.17, 15) is 9.18 Å². The van der Waals surface area contributed by atoms with Crippen molar-refractivity contribution in [2.45, 2.75) is 32.3 Å². The van der Waals surface area contributed by atoms with E-state index in [4.69, 9.17) is 4.74 Å². The third-order valence-electron chi connectivity index (χ3n) is 3.25. The molecule has 0 aromatic heterocycles. The predicted octanol–water partition coefficient (Wildman–Crippen LogP) is 2.81. The van der Waals surface area contributed by atoms with Gasteiger partial charge in [0, 0.05) is 32.4 Å². The minimum Gasteiger partial charge on any atom is -0.490 e. The molecule has 3 nitrogen and oxygen atoms in total. The van der Waals surface area contributed by atoms with Crippen molar-refractivity contribution in [1.82, 2.24) is 4.90 Å². The smallest absolute Gasteiger partial charge is 0.226 e. The second-order valence-electron chi connectivity index (χ2n) is 4.71. The highest BCUT2D eigenvalue weighted by Gasteiger charge is 2.23. The van der Waals surface area contributed by atoms with Crippen LogP contribution in [0.4, 0.5) is 4.39 Å². The molecule has 103 valence electrons. The zero-order chi connectivity index (χ0) is 13.7. The van der Waals surface area contributed by atoms with Gasteiger partial charge in [-0.25, -0.2) is 4.39 Å². The van der Waals surface area contributed by atoms with Crippen LogP contribution in [0.1, 0.15) is 26.2 Å². The first-order valence-electron chi connectivity index (χ1n) is 6.73. The van der Waals surface area contributed by atoms with E-state index in [0.717, 1.165) is 32.4 Å². The van der Waals surface area contributed by atoms with E-state index < -0.39 is 0 Å². The molecule has 1 aromatic rings. The summed E-state index contributed by atoms with van der Waals surface area (Å²) in [5.74, 6) is 0.539. The van der Waals surface area contributed by atoms with Gasteiger partial charge in [-0.2, -0.15) is 0 Å². The fourth-order valence-corrected chi connectivity index (χ4v) is 2.20. The average Bonchev–Trinajstić information content (AvgIpc) is 2.42. The monoisotopic (exact) mass is 264 g/mol. The molecule has 1 aliphatic rings. The van der Waals surface area contributed by atoms with Crippen molar-refractivity contribution in [2.24, 2.45) is 0 Å². The Kier molecular flexibility index (Phi) is 4.77. The SMILES string of the molecule is CC[CH]C(=O)N1CCC(Oc2ccc(F)cc2)CC1. The van der Waals surface area contributed by atoms with Crippen LogP contribution in [0.25, 0.3) is 0 Å². The quantitative estimate of drug-likeness (QED) is 0.837. The molecule has 0 atom stereocenters. The summed E-state index contributed by atoms with van der Waals surface area (Å²) in [5.41, 5.74) is 0. The number of nitrogens with zero attached hydrogens (tertiary/aromatic N) is 1. The highest BCUT2D eigenvalue weighted by molar-refractivity contribution is 5.84. The topological polar surface area (TPSA) is 29.5 Å². The van der Waals surface area contributed by atoms with Gasteiger partial charge in [0.2, 0.25) is 5.91 Å². The molecule has 0 saturated carbocycles. The molecule has 4 heteroatoms. The fraction of sp³-hybridized carbons (Fsp3) is 0.467. The third-order valence-corrected chi connectivity index (χ3v) is 3.25. The Morgan fingerprint density at radius 2 is 2.00 bits per heavy atom. The highest BCUT2D eigenvalue weighted by Crippen LogP contribution is 2.19. The van der Waals surface area contributed by atoms with E-state index in [0.29, 0.717) is 5.75 Å². The molecule has 1 radical (unpaired) electrons. The molecule has 1 saturated heterocycles. The van der Waals surface area contributed by atoms with Crippen molar-refractivity contribution >= 4 is 5.91 Å². The fourth-order valence-electron chi connectivity index (χ4n) is 2.20. The molecule has 19 heavy (non-hydrogen) atoms. The predicted molar refractivity (Wildman–Crippen MR) is 71.2 cm³/mol. The van der Waals surface area contributed by atoms with Gasteiger partial charge in [0.15, 0.2) is 0 Å². The minimum absolute atomic E-state index is 0.108. The van der Waals surface area contributed by atoms with E-state index in [-0.39, 0.29) is 17.8 Å². The molecule has 0 N–H and O–H groups in total. The van der Waals surface area contributed by atoms with Gasteiger partial charge < -0.3 is 9.64 Å². The number of benzene rings is 1. The maximum absolute atomic E-state index is 12.8. The molecule has 0 spiro atoms. The lowest BCUT2D eigenvalue weighted by Gasteiger charge is -2.32. The average molecular weight is 264 g/mol. The molecule has 2 rings (SSSR count). The molecule has 1 aliphatic heterocycles. The molecule has 1 aromatic carbocycles. The van der Waals surface area contributed by atoms with Crippen LogP contribution >= 0.6 is 0 Å². The Balaban J connectivity index is 1.80. The van der Waals surface area contributed by atoms with Crippen molar-refractivity contribution in [3.05, 3.63) is 36.5 Å². The van der Waals surface area contributed by atoms with Gasteiger partial charge in [-0.1, -0.05) is 6.92 Å². The number of halogens is 1. The van der Waals surface area contributed by atoms with Gasteiger partial charge in [0.25, 0.3) is 0 Å². The first-order chi connectivity index (χ1) is 9.19. The number of hydrogen-bond acceptors (Lipinski definition) is 2. The van der Waals surface area contributed by atoms with Crippen LogP contribution in [0.3, 0.4) is 0 Å². The summed E-state index contributed by atoms with van der Waals surface area (Å²) in [6, 6.07) is 6.06. The molecular weight excluding hydrogens is 245 g/mol. The zero-order valence-corrected chi connectivity index (χ0v) is 11.1. The maximum Gasteiger partial charge on any atom is 0.226 e.